The Morgan fingerprint density at radius 3 is 2.33 bits per heavy atom. The smallest absolute Gasteiger partial charge is 0.163 e. The van der Waals surface area contributed by atoms with Crippen LogP contribution in [-0.2, 0) is 13.1 Å². The summed E-state index contributed by atoms with van der Waals surface area (Å²) in [4.78, 5) is 1.95. The van der Waals surface area contributed by atoms with Crippen molar-refractivity contribution in [2.75, 3.05) is 7.05 Å². The van der Waals surface area contributed by atoms with Crippen LogP contribution in [-0.4, -0.2) is 11.9 Å². The first-order valence-corrected chi connectivity index (χ1v) is 5.82. The van der Waals surface area contributed by atoms with E-state index < -0.39 is 11.6 Å². The van der Waals surface area contributed by atoms with Crippen molar-refractivity contribution in [2.24, 2.45) is 0 Å². The van der Waals surface area contributed by atoms with Gasteiger partial charge in [0.25, 0.3) is 0 Å². The Labute approximate surface area is 106 Å². The van der Waals surface area contributed by atoms with Crippen molar-refractivity contribution in [1.29, 1.82) is 0 Å². The molecule has 0 fully saturated rings. The molecule has 2 aromatic rings. The Kier molecular flexibility index (Phi) is 4.05. The molecule has 2 rings (SSSR count). The van der Waals surface area contributed by atoms with E-state index in [9.17, 15) is 8.78 Å². The van der Waals surface area contributed by atoms with E-state index in [2.05, 4.69) is 0 Å². The molecule has 0 atom stereocenters. The van der Waals surface area contributed by atoms with Gasteiger partial charge in [-0.15, -0.1) is 0 Å². The summed E-state index contributed by atoms with van der Waals surface area (Å²) in [6, 6.07) is 14.2. The summed E-state index contributed by atoms with van der Waals surface area (Å²) in [7, 11) is 1.89. The third-order valence-electron chi connectivity index (χ3n) is 2.77. The first kappa shape index (κ1) is 12.7. The van der Waals surface area contributed by atoms with Crippen LogP contribution in [0.4, 0.5) is 8.78 Å². The molecule has 3 heteroatoms. The minimum Gasteiger partial charge on any atom is -0.298 e. The zero-order valence-corrected chi connectivity index (χ0v) is 10.2. The average molecular weight is 247 g/mol. The molecule has 0 spiro atoms. The maximum atomic E-state index is 13.5. The lowest BCUT2D eigenvalue weighted by molar-refractivity contribution is 0.311. The lowest BCUT2D eigenvalue weighted by Gasteiger charge is -2.17. The molecule has 0 saturated carbocycles. The standard InChI is InChI=1S/C15H15F2N/c1-18(10-12-6-3-2-4-7-12)11-13-8-5-9-14(16)15(13)17/h2-9H,10-11H2,1H3. The molecule has 0 radical (unpaired) electrons. The molecule has 0 aliphatic rings. The number of nitrogens with zero attached hydrogens (tertiary/aromatic N) is 1. The fourth-order valence-electron chi connectivity index (χ4n) is 1.91. The molecule has 0 aromatic heterocycles. The quantitative estimate of drug-likeness (QED) is 0.798. The second-order valence-corrected chi connectivity index (χ2v) is 4.37. The van der Waals surface area contributed by atoms with Gasteiger partial charge in [0, 0.05) is 18.7 Å². The van der Waals surface area contributed by atoms with Crippen LogP contribution in [0, 0.1) is 11.6 Å². The molecular weight excluding hydrogens is 232 g/mol. The van der Waals surface area contributed by atoms with Gasteiger partial charge in [0.2, 0.25) is 0 Å². The highest BCUT2D eigenvalue weighted by molar-refractivity contribution is 5.19. The first-order valence-electron chi connectivity index (χ1n) is 5.82. The predicted octanol–water partition coefficient (Wildman–Crippen LogP) is 3.60. The van der Waals surface area contributed by atoms with Crippen LogP contribution in [0.1, 0.15) is 11.1 Å². The summed E-state index contributed by atoms with van der Waals surface area (Å²) in [6.07, 6.45) is 0. The lowest BCUT2D eigenvalue weighted by Crippen LogP contribution is -2.18. The number of rotatable bonds is 4. The van der Waals surface area contributed by atoms with E-state index >= 15 is 0 Å². The molecule has 0 bridgehead atoms. The fraction of sp³-hybridized carbons (Fsp3) is 0.200. The molecule has 0 N–H and O–H groups in total. The van der Waals surface area contributed by atoms with E-state index in [4.69, 9.17) is 0 Å². The van der Waals surface area contributed by atoms with E-state index in [1.54, 1.807) is 6.07 Å². The van der Waals surface area contributed by atoms with Gasteiger partial charge < -0.3 is 0 Å². The van der Waals surface area contributed by atoms with E-state index in [1.807, 2.05) is 42.3 Å². The zero-order valence-electron chi connectivity index (χ0n) is 10.2. The molecule has 0 heterocycles. The topological polar surface area (TPSA) is 3.24 Å². The van der Waals surface area contributed by atoms with Gasteiger partial charge in [-0.05, 0) is 18.7 Å². The van der Waals surface area contributed by atoms with Crippen molar-refractivity contribution >= 4 is 0 Å². The normalized spacial score (nSPS) is 10.9. The summed E-state index contributed by atoms with van der Waals surface area (Å²) in [5.41, 5.74) is 1.53. The zero-order chi connectivity index (χ0) is 13.0. The molecule has 0 saturated heterocycles. The second kappa shape index (κ2) is 5.74. The van der Waals surface area contributed by atoms with Crippen LogP contribution in [0.3, 0.4) is 0 Å². The molecule has 0 aliphatic carbocycles. The van der Waals surface area contributed by atoms with Crippen molar-refractivity contribution in [3.63, 3.8) is 0 Å². The average Bonchev–Trinajstić information content (AvgIpc) is 2.36. The largest absolute Gasteiger partial charge is 0.298 e. The third-order valence-corrected chi connectivity index (χ3v) is 2.77. The Morgan fingerprint density at radius 2 is 1.61 bits per heavy atom. The first-order chi connectivity index (χ1) is 8.66. The molecule has 18 heavy (non-hydrogen) atoms. The Morgan fingerprint density at radius 1 is 0.889 bits per heavy atom. The number of hydrogen-bond donors (Lipinski definition) is 0. The molecule has 94 valence electrons. The maximum absolute atomic E-state index is 13.5. The van der Waals surface area contributed by atoms with Gasteiger partial charge in [-0.25, -0.2) is 8.78 Å². The molecule has 0 amide bonds. The summed E-state index contributed by atoms with van der Waals surface area (Å²) >= 11 is 0. The highest BCUT2D eigenvalue weighted by Gasteiger charge is 2.09. The van der Waals surface area contributed by atoms with Crippen LogP contribution in [0.25, 0.3) is 0 Å². The van der Waals surface area contributed by atoms with Crippen molar-refractivity contribution in [3.05, 3.63) is 71.3 Å². The fourth-order valence-corrected chi connectivity index (χ4v) is 1.91. The summed E-state index contributed by atoms with van der Waals surface area (Å²) in [5, 5.41) is 0. The van der Waals surface area contributed by atoms with Crippen LogP contribution >= 0.6 is 0 Å². The number of halogens is 2. The lowest BCUT2D eigenvalue weighted by atomic mass is 10.1. The van der Waals surface area contributed by atoms with Gasteiger partial charge in [-0.1, -0.05) is 42.5 Å². The second-order valence-electron chi connectivity index (χ2n) is 4.37. The minimum absolute atomic E-state index is 0.383. The molecule has 2 aromatic carbocycles. The van der Waals surface area contributed by atoms with E-state index in [-0.39, 0.29) is 0 Å². The van der Waals surface area contributed by atoms with Gasteiger partial charge in [0.15, 0.2) is 11.6 Å². The molecule has 0 unspecified atom stereocenters. The molecule has 1 nitrogen and oxygen atoms in total. The summed E-state index contributed by atoms with van der Waals surface area (Å²) in [5.74, 6) is -1.54. The van der Waals surface area contributed by atoms with Gasteiger partial charge in [-0.3, -0.25) is 4.90 Å². The maximum Gasteiger partial charge on any atom is 0.163 e. The van der Waals surface area contributed by atoms with Crippen LogP contribution in [0.5, 0.6) is 0 Å². The van der Waals surface area contributed by atoms with Crippen molar-refractivity contribution in [2.45, 2.75) is 13.1 Å². The van der Waals surface area contributed by atoms with E-state index in [0.717, 1.165) is 11.6 Å². The van der Waals surface area contributed by atoms with Gasteiger partial charge in [0.05, 0.1) is 0 Å². The van der Waals surface area contributed by atoms with Crippen molar-refractivity contribution in [1.82, 2.24) is 4.90 Å². The van der Waals surface area contributed by atoms with Crippen LogP contribution in [0.2, 0.25) is 0 Å². The Hall–Kier alpha value is -1.74. The Bertz CT molecular complexity index is 511. The number of hydrogen-bond acceptors (Lipinski definition) is 1. The van der Waals surface area contributed by atoms with Crippen LogP contribution in [0.15, 0.2) is 48.5 Å². The van der Waals surface area contributed by atoms with E-state index in [0.29, 0.717) is 18.7 Å². The van der Waals surface area contributed by atoms with E-state index in [1.165, 1.54) is 6.07 Å². The van der Waals surface area contributed by atoms with Gasteiger partial charge >= 0.3 is 0 Å². The third kappa shape index (κ3) is 3.14. The SMILES string of the molecule is CN(Cc1ccccc1)Cc1cccc(F)c1F. The van der Waals surface area contributed by atoms with Crippen molar-refractivity contribution in [3.8, 4) is 0 Å². The summed E-state index contributed by atoms with van der Waals surface area (Å²) in [6.45, 7) is 1.09. The minimum atomic E-state index is -0.791. The highest BCUT2D eigenvalue weighted by atomic mass is 19.2. The van der Waals surface area contributed by atoms with Gasteiger partial charge in [-0.2, -0.15) is 0 Å². The number of benzene rings is 2. The Balaban J connectivity index is 2.03. The molecule has 0 aliphatic heterocycles. The summed E-state index contributed by atoms with van der Waals surface area (Å²) < 4.78 is 26.6. The predicted molar refractivity (Wildman–Crippen MR) is 68.0 cm³/mol. The van der Waals surface area contributed by atoms with Crippen LogP contribution < -0.4 is 0 Å². The van der Waals surface area contributed by atoms with Gasteiger partial charge in [0.1, 0.15) is 0 Å². The van der Waals surface area contributed by atoms with Crippen molar-refractivity contribution < 1.29 is 8.78 Å². The molecular formula is C15H15F2N. The highest BCUT2D eigenvalue weighted by Crippen LogP contribution is 2.14. The monoisotopic (exact) mass is 247 g/mol.